The molecule has 0 aliphatic carbocycles. The molecule has 0 radical (unpaired) electrons. The van der Waals surface area contributed by atoms with E-state index in [2.05, 4.69) is 0 Å². The maximum atomic E-state index is 12.4. The van der Waals surface area contributed by atoms with E-state index < -0.39 is 0 Å². The Balaban J connectivity index is 1.47. The summed E-state index contributed by atoms with van der Waals surface area (Å²) in [7, 11) is 0. The van der Waals surface area contributed by atoms with Crippen LogP contribution < -0.4 is 0 Å². The predicted molar refractivity (Wildman–Crippen MR) is 101 cm³/mol. The molecule has 0 spiro atoms. The van der Waals surface area contributed by atoms with Gasteiger partial charge in [-0.05, 0) is 37.1 Å². The van der Waals surface area contributed by atoms with Crippen molar-refractivity contribution >= 4 is 17.6 Å². The molecule has 6 heteroatoms. The van der Waals surface area contributed by atoms with E-state index in [-0.39, 0.29) is 30.4 Å². The van der Waals surface area contributed by atoms with Gasteiger partial charge in [-0.1, -0.05) is 12.1 Å². The van der Waals surface area contributed by atoms with Crippen LogP contribution >= 0.6 is 0 Å². The molecule has 1 aliphatic heterocycles. The Morgan fingerprint density at radius 3 is 2.22 bits per heavy atom. The van der Waals surface area contributed by atoms with Crippen LogP contribution in [0, 0.1) is 13.8 Å². The van der Waals surface area contributed by atoms with Gasteiger partial charge in [0.1, 0.15) is 6.26 Å². The number of carbonyl (C=O) groups is 3. The second kappa shape index (κ2) is 8.20. The summed E-state index contributed by atoms with van der Waals surface area (Å²) in [6.07, 6.45) is 3.30. The van der Waals surface area contributed by atoms with E-state index in [0.717, 1.165) is 11.1 Å². The first-order chi connectivity index (χ1) is 13.0. The molecule has 2 amide bonds. The van der Waals surface area contributed by atoms with E-state index in [1.54, 1.807) is 15.9 Å². The molecule has 1 fully saturated rings. The number of piperazine rings is 1. The summed E-state index contributed by atoms with van der Waals surface area (Å²) in [5, 5.41) is 0. The normalized spacial score (nSPS) is 14.3. The first-order valence-electron chi connectivity index (χ1n) is 9.15. The lowest BCUT2D eigenvalue weighted by Crippen LogP contribution is -2.50. The third-order valence-electron chi connectivity index (χ3n) is 5.08. The van der Waals surface area contributed by atoms with Crippen molar-refractivity contribution in [3.63, 3.8) is 0 Å². The van der Waals surface area contributed by atoms with E-state index in [1.807, 2.05) is 32.0 Å². The monoisotopic (exact) mass is 368 g/mol. The summed E-state index contributed by atoms with van der Waals surface area (Å²) >= 11 is 0. The van der Waals surface area contributed by atoms with Crippen molar-refractivity contribution in [1.82, 2.24) is 9.80 Å². The van der Waals surface area contributed by atoms with E-state index in [4.69, 9.17) is 4.42 Å². The maximum Gasteiger partial charge on any atom is 0.257 e. The lowest BCUT2D eigenvalue weighted by Gasteiger charge is -2.34. The zero-order valence-electron chi connectivity index (χ0n) is 15.7. The molecular formula is C21H24N2O4. The standard InChI is InChI=1S/C21H24N2O4/c1-15-3-4-17(13-16(15)2)19(24)5-6-20(25)22-8-10-23(11-9-22)21(26)18-7-12-27-14-18/h3-4,7,12-14H,5-6,8-11H2,1-2H3. The Morgan fingerprint density at radius 1 is 0.889 bits per heavy atom. The van der Waals surface area contributed by atoms with Crippen molar-refractivity contribution in [2.24, 2.45) is 0 Å². The van der Waals surface area contributed by atoms with E-state index >= 15 is 0 Å². The number of amides is 2. The molecule has 1 aromatic heterocycles. The van der Waals surface area contributed by atoms with Gasteiger partial charge >= 0.3 is 0 Å². The number of rotatable bonds is 5. The van der Waals surface area contributed by atoms with E-state index in [9.17, 15) is 14.4 Å². The molecular weight excluding hydrogens is 344 g/mol. The smallest absolute Gasteiger partial charge is 0.257 e. The molecule has 1 aromatic carbocycles. The third-order valence-corrected chi connectivity index (χ3v) is 5.08. The van der Waals surface area contributed by atoms with Crippen LogP contribution in [-0.2, 0) is 4.79 Å². The van der Waals surface area contributed by atoms with Crippen molar-refractivity contribution < 1.29 is 18.8 Å². The summed E-state index contributed by atoms with van der Waals surface area (Å²) in [4.78, 5) is 40.5. The number of hydrogen-bond acceptors (Lipinski definition) is 4. The van der Waals surface area contributed by atoms with Gasteiger partial charge in [-0.3, -0.25) is 14.4 Å². The molecule has 2 aromatic rings. The van der Waals surface area contributed by atoms with Crippen LogP contribution in [0.1, 0.15) is 44.7 Å². The van der Waals surface area contributed by atoms with Crippen LogP contribution in [0.4, 0.5) is 0 Å². The number of Topliss-reactive ketones (excluding diaryl/α,β-unsaturated/α-hetero) is 1. The number of benzene rings is 1. The van der Waals surface area contributed by atoms with Crippen molar-refractivity contribution in [2.75, 3.05) is 26.2 Å². The Morgan fingerprint density at radius 2 is 1.59 bits per heavy atom. The number of nitrogens with zero attached hydrogens (tertiary/aromatic N) is 2. The molecule has 6 nitrogen and oxygen atoms in total. The van der Waals surface area contributed by atoms with Gasteiger partial charge in [0.05, 0.1) is 11.8 Å². The largest absolute Gasteiger partial charge is 0.472 e. The fourth-order valence-corrected chi connectivity index (χ4v) is 3.17. The van der Waals surface area contributed by atoms with Crippen molar-refractivity contribution in [3.8, 4) is 0 Å². The topological polar surface area (TPSA) is 70.8 Å². The van der Waals surface area contributed by atoms with Crippen molar-refractivity contribution in [1.29, 1.82) is 0 Å². The Hall–Kier alpha value is -2.89. The molecule has 0 saturated carbocycles. The van der Waals surface area contributed by atoms with Crippen LogP contribution in [0.3, 0.4) is 0 Å². The number of hydrogen-bond donors (Lipinski definition) is 0. The van der Waals surface area contributed by atoms with E-state index in [1.165, 1.54) is 12.5 Å². The highest BCUT2D eigenvalue weighted by Gasteiger charge is 2.25. The van der Waals surface area contributed by atoms with Gasteiger partial charge in [-0.25, -0.2) is 0 Å². The summed E-state index contributed by atoms with van der Waals surface area (Å²) in [5.74, 6) is -0.136. The Kier molecular flexibility index (Phi) is 5.74. The molecule has 1 aliphatic rings. The molecule has 0 N–H and O–H groups in total. The molecule has 1 saturated heterocycles. The molecule has 142 valence electrons. The van der Waals surface area contributed by atoms with Gasteiger partial charge < -0.3 is 14.2 Å². The highest BCUT2D eigenvalue weighted by molar-refractivity contribution is 5.98. The maximum absolute atomic E-state index is 12.4. The lowest BCUT2D eigenvalue weighted by atomic mass is 10.0. The second-order valence-corrected chi connectivity index (χ2v) is 6.91. The van der Waals surface area contributed by atoms with Crippen LogP contribution in [0.15, 0.2) is 41.2 Å². The minimum Gasteiger partial charge on any atom is -0.472 e. The number of carbonyl (C=O) groups excluding carboxylic acids is 3. The first-order valence-corrected chi connectivity index (χ1v) is 9.15. The predicted octanol–water partition coefficient (Wildman–Crippen LogP) is 2.84. The Bertz CT molecular complexity index is 834. The quantitative estimate of drug-likeness (QED) is 0.761. The molecule has 2 heterocycles. The van der Waals surface area contributed by atoms with Crippen LogP contribution in [0.25, 0.3) is 0 Å². The number of furan rings is 1. The average molecular weight is 368 g/mol. The minimum atomic E-state index is -0.0826. The van der Waals surface area contributed by atoms with Gasteiger partial charge in [0.15, 0.2) is 5.78 Å². The Labute approximate surface area is 158 Å². The SMILES string of the molecule is Cc1ccc(C(=O)CCC(=O)N2CCN(C(=O)c3ccoc3)CC2)cc1C. The molecule has 27 heavy (non-hydrogen) atoms. The zero-order valence-corrected chi connectivity index (χ0v) is 15.7. The highest BCUT2D eigenvalue weighted by Crippen LogP contribution is 2.14. The number of ketones is 1. The van der Waals surface area contributed by atoms with Crippen LogP contribution in [0.5, 0.6) is 0 Å². The van der Waals surface area contributed by atoms with Gasteiger partial charge in [0, 0.05) is 44.6 Å². The molecule has 3 rings (SSSR count). The minimum absolute atomic E-state index is 0.0137. The van der Waals surface area contributed by atoms with Crippen LogP contribution in [-0.4, -0.2) is 53.6 Å². The van der Waals surface area contributed by atoms with E-state index in [0.29, 0.717) is 37.3 Å². The van der Waals surface area contributed by atoms with Gasteiger partial charge in [0.25, 0.3) is 5.91 Å². The average Bonchev–Trinajstić information content (AvgIpc) is 3.22. The summed E-state index contributed by atoms with van der Waals surface area (Å²) in [6, 6.07) is 7.26. The molecule has 0 unspecified atom stereocenters. The summed E-state index contributed by atoms with van der Waals surface area (Å²) in [5.41, 5.74) is 3.39. The highest BCUT2D eigenvalue weighted by atomic mass is 16.3. The molecule has 0 bridgehead atoms. The number of aryl methyl sites for hydroxylation is 2. The lowest BCUT2D eigenvalue weighted by molar-refractivity contribution is -0.132. The van der Waals surface area contributed by atoms with Crippen LogP contribution in [0.2, 0.25) is 0 Å². The zero-order chi connectivity index (χ0) is 19.4. The fourth-order valence-electron chi connectivity index (χ4n) is 3.17. The fraction of sp³-hybridized carbons (Fsp3) is 0.381. The van der Waals surface area contributed by atoms with Gasteiger partial charge in [0.2, 0.25) is 5.91 Å². The molecule has 0 atom stereocenters. The van der Waals surface area contributed by atoms with Crippen molar-refractivity contribution in [3.05, 3.63) is 59.0 Å². The second-order valence-electron chi connectivity index (χ2n) is 6.91. The van der Waals surface area contributed by atoms with Gasteiger partial charge in [-0.2, -0.15) is 0 Å². The summed E-state index contributed by atoms with van der Waals surface area (Å²) in [6.45, 7) is 5.92. The van der Waals surface area contributed by atoms with Gasteiger partial charge in [-0.15, -0.1) is 0 Å². The van der Waals surface area contributed by atoms with Crippen molar-refractivity contribution in [2.45, 2.75) is 26.7 Å². The third kappa shape index (κ3) is 4.45. The first kappa shape index (κ1) is 18.9. The summed E-state index contributed by atoms with van der Waals surface area (Å²) < 4.78 is 4.95.